The third kappa shape index (κ3) is 7.93. The highest BCUT2D eigenvalue weighted by molar-refractivity contribution is 6.30. The Kier molecular flexibility index (Phi) is 10.8. The molecule has 0 radical (unpaired) electrons. The number of methoxy groups -OCH3 is 2. The van der Waals surface area contributed by atoms with E-state index < -0.39 is 5.97 Å². The summed E-state index contributed by atoms with van der Waals surface area (Å²) in [6.45, 7) is 0.562. The van der Waals surface area contributed by atoms with Crippen LogP contribution in [0.5, 0.6) is 11.5 Å². The average molecular weight is 601 g/mol. The van der Waals surface area contributed by atoms with Crippen LogP contribution in [0.2, 0.25) is 5.02 Å². The van der Waals surface area contributed by atoms with Gasteiger partial charge in [0, 0.05) is 35.8 Å². The Morgan fingerprint density at radius 2 is 1.44 bits per heavy atom. The van der Waals surface area contributed by atoms with Crippen LogP contribution in [0.4, 0.5) is 0 Å². The van der Waals surface area contributed by atoms with Gasteiger partial charge in [-0.2, -0.15) is 0 Å². The summed E-state index contributed by atoms with van der Waals surface area (Å²) in [6, 6.07) is 26.8. The SMILES string of the molecule is COc1cccc(CCN(CCC(=O)O)C(=O)c2ccccc2-c2ccccc2C(=O)NCc2ccc(Cl)cc2)c1OC. The lowest BCUT2D eigenvalue weighted by molar-refractivity contribution is -0.137. The number of hydrogen-bond donors (Lipinski definition) is 2. The second-order valence-electron chi connectivity index (χ2n) is 9.74. The molecule has 0 saturated heterocycles. The molecule has 9 heteroatoms. The maximum Gasteiger partial charge on any atom is 0.305 e. The Morgan fingerprint density at radius 1 is 0.791 bits per heavy atom. The number of hydrogen-bond acceptors (Lipinski definition) is 5. The highest BCUT2D eigenvalue weighted by Crippen LogP contribution is 2.32. The summed E-state index contributed by atoms with van der Waals surface area (Å²) in [5, 5.41) is 13.0. The molecule has 222 valence electrons. The van der Waals surface area contributed by atoms with E-state index in [0.717, 1.165) is 11.1 Å². The summed E-state index contributed by atoms with van der Waals surface area (Å²) in [5.41, 5.74) is 3.66. The smallest absolute Gasteiger partial charge is 0.305 e. The number of carbonyl (C=O) groups is 3. The lowest BCUT2D eigenvalue weighted by Crippen LogP contribution is -2.35. The zero-order valence-electron chi connectivity index (χ0n) is 24.0. The van der Waals surface area contributed by atoms with Gasteiger partial charge in [0.2, 0.25) is 0 Å². The highest BCUT2D eigenvalue weighted by Gasteiger charge is 2.23. The van der Waals surface area contributed by atoms with Crippen molar-refractivity contribution in [2.45, 2.75) is 19.4 Å². The first-order valence-corrected chi connectivity index (χ1v) is 14.1. The topological polar surface area (TPSA) is 105 Å². The van der Waals surface area contributed by atoms with Crippen LogP contribution >= 0.6 is 11.6 Å². The molecule has 0 aliphatic rings. The number of nitrogens with one attached hydrogen (secondary N) is 1. The number of para-hydroxylation sites is 1. The fraction of sp³-hybridized carbons (Fsp3) is 0.206. The van der Waals surface area contributed by atoms with Crippen LogP contribution in [-0.4, -0.2) is 55.1 Å². The van der Waals surface area contributed by atoms with Gasteiger partial charge in [0.05, 0.1) is 20.6 Å². The van der Waals surface area contributed by atoms with Gasteiger partial charge in [0.25, 0.3) is 11.8 Å². The standard InChI is InChI=1S/C34H33ClN2O6/c1-42-30-13-7-8-24(32(30)43-2)18-20-37(21-19-31(38)39)34(41)29-12-6-4-10-27(29)26-9-3-5-11-28(26)33(40)36-22-23-14-16-25(35)17-15-23/h3-17H,18-22H2,1-2H3,(H,36,40)(H,38,39). The van der Waals surface area contributed by atoms with Crippen LogP contribution in [0.25, 0.3) is 11.1 Å². The maximum absolute atomic E-state index is 14.0. The molecule has 0 bridgehead atoms. The van der Waals surface area contributed by atoms with E-state index >= 15 is 0 Å². The highest BCUT2D eigenvalue weighted by atomic mass is 35.5. The number of halogens is 1. The molecule has 0 unspecified atom stereocenters. The van der Waals surface area contributed by atoms with Gasteiger partial charge in [0.1, 0.15) is 0 Å². The first-order chi connectivity index (χ1) is 20.8. The van der Waals surface area contributed by atoms with Crippen molar-refractivity contribution >= 4 is 29.4 Å². The van der Waals surface area contributed by atoms with Crippen molar-refractivity contribution in [1.29, 1.82) is 0 Å². The minimum absolute atomic E-state index is 0.0119. The van der Waals surface area contributed by atoms with Crippen molar-refractivity contribution in [2.24, 2.45) is 0 Å². The van der Waals surface area contributed by atoms with Crippen LogP contribution in [0.15, 0.2) is 91.0 Å². The summed E-state index contributed by atoms with van der Waals surface area (Å²) in [7, 11) is 3.10. The van der Waals surface area contributed by atoms with E-state index in [4.69, 9.17) is 21.1 Å². The molecule has 43 heavy (non-hydrogen) atoms. The monoisotopic (exact) mass is 600 g/mol. The van der Waals surface area contributed by atoms with Gasteiger partial charge in [-0.25, -0.2) is 0 Å². The minimum Gasteiger partial charge on any atom is -0.493 e. The third-order valence-electron chi connectivity index (χ3n) is 7.00. The Hall–Kier alpha value is -4.82. The average Bonchev–Trinajstić information content (AvgIpc) is 3.03. The second-order valence-corrected chi connectivity index (χ2v) is 10.2. The van der Waals surface area contributed by atoms with E-state index in [0.29, 0.717) is 51.7 Å². The molecule has 0 saturated carbocycles. The van der Waals surface area contributed by atoms with Crippen LogP contribution in [0.1, 0.15) is 38.3 Å². The molecular weight excluding hydrogens is 568 g/mol. The zero-order valence-corrected chi connectivity index (χ0v) is 24.8. The van der Waals surface area contributed by atoms with Crippen LogP contribution in [0.3, 0.4) is 0 Å². The van der Waals surface area contributed by atoms with Gasteiger partial charge in [-0.15, -0.1) is 0 Å². The van der Waals surface area contributed by atoms with E-state index in [2.05, 4.69) is 5.32 Å². The summed E-state index contributed by atoms with van der Waals surface area (Å²) >= 11 is 5.98. The number of ether oxygens (including phenoxy) is 2. The van der Waals surface area contributed by atoms with E-state index in [-0.39, 0.29) is 31.3 Å². The number of carbonyl (C=O) groups excluding carboxylic acids is 2. The summed E-state index contributed by atoms with van der Waals surface area (Å²) in [6.07, 6.45) is 0.199. The molecule has 4 rings (SSSR count). The predicted molar refractivity (Wildman–Crippen MR) is 166 cm³/mol. The zero-order chi connectivity index (χ0) is 30.8. The van der Waals surface area contributed by atoms with Gasteiger partial charge >= 0.3 is 5.97 Å². The normalized spacial score (nSPS) is 10.6. The molecule has 4 aromatic carbocycles. The maximum atomic E-state index is 14.0. The van der Waals surface area contributed by atoms with Crippen molar-refractivity contribution < 1.29 is 29.0 Å². The third-order valence-corrected chi connectivity index (χ3v) is 7.26. The Bertz CT molecular complexity index is 1590. The molecule has 0 atom stereocenters. The van der Waals surface area contributed by atoms with E-state index in [1.54, 1.807) is 74.9 Å². The van der Waals surface area contributed by atoms with Crippen molar-refractivity contribution in [3.05, 3.63) is 118 Å². The van der Waals surface area contributed by atoms with Crippen LogP contribution in [0, 0.1) is 0 Å². The van der Waals surface area contributed by atoms with Gasteiger partial charge in [-0.05, 0) is 59.0 Å². The first-order valence-electron chi connectivity index (χ1n) is 13.7. The Morgan fingerprint density at radius 3 is 2.09 bits per heavy atom. The second kappa shape index (κ2) is 14.9. The number of amides is 2. The fourth-order valence-corrected chi connectivity index (χ4v) is 4.95. The molecule has 2 N–H and O–H groups in total. The Balaban J connectivity index is 1.62. The molecule has 0 aliphatic heterocycles. The summed E-state index contributed by atoms with van der Waals surface area (Å²) in [5.74, 6) is -0.502. The summed E-state index contributed by atoms with van der Waals surface area (Å²) in [4.78, 5) is 40.4. The van der Waals surface area contributed by atoms with Crippen molar-refractivity contribution in [3.8, 4) is 22.6 Å². The quantitative estimate of drug-likeness (QED) is 0.192. The number of carboxylic acids is 1. The van der Waals surface area contributed by atoms with Crippen molar-refractivity contribution in [3.63, 3.8) is 0 Å². The molecule has 8 nitrogen and oxygen atoms in total. The van der Waals surface area contributed by atoms with Gasteiger partial charge < -0.3 is 24.8 Å². The molecule has 0 spiro atoms. The van der Waals surface area contributed by atoms with E-state index in [1.165, 1.54) is 4.90 Å². The Labute approximate surface area is 255 Å². The number of nitrogens with zero attached hydrogens (tertiary/aromatic N) is 1. The van der Waals surface area contributed by atoms with Gasteiger partial charge in [-0.3, -0.25) is 14.4 Å². The fourth-order valence-electron chi connectivity index (χ4n) is 4.82. The van der Waals surface area contributed by atoms with E-state index in [9.17, 15) is 19.5 Å². The number of rotatable bonds is 13. The number of benzene rings is 4. The minimum atomic E-state index is -1.01. The molecular formula is C34H33ClN2O6. The number of aliphatic carboxylic acids is 1. The first kappa shape index (κ1) is 31.1. The molecule has 0 aromatic heterocycles. The molecule has 0 fully saturated rings. The molecule has 0 heterocycles. The summed E-state index contributed by atoms with van der Waals surface area (Å²) < 4.78 is 10.9. The van der Waals surface area contributed by atoms with Crippen LogP contribution < -0.4 is 14.8 Å². The van der Waals surface area contributed by atoms with E-state index in [1.807, 2.05) is 30.3 Å². The predicted octanol–water partition coefficient (Wildman–Crippen LogP) is 6.11. The number of carboxylic acid groups (broad SMARTS) is 1. The molecule has 4 aromatic rings. The lowest BCUT2D eigenvalue weighted by Gasteiger charge is -2.24. The van der Waals surface area contributed by atoms with Crippen LogP contribution in [-0.2, 0) is 17.8 Å². The lowest BCUT2D eigenvalue weighted by atomic mass is 9.94. The van der Waals surface area contributed by atoms with Crippen molar-refractivity contribution in [1.82, 2.24) is 10.2 Å². The molecule has 2 amide bonds. The van der Waals surface area contributed by atoms with Crippen molar-refractivity contribution in [2.75, 3.05) is 27.3 Å². The van der Waals surface area contributed by atoms with Gasteiger partial charge in [-0.1, -0.05) is 72.3 Å². The molecule has 0 aliphatic carbocycles. The van der Waals surface area contributed by atoms with Gasteiger partial charge in [0.15, 0.2) is 11.5 Å². The largest absolute Gasteiger partial charge is 0.493 e.